The summed E-state index contributed by atoms with van der Waals surface area (Å²) in [5.74, 6) is 1.93. The van der Waals surface area contributed by atoms with Crippen LogP contribution in [0.4, 0.5) is 5.69 Å². The van der Waals surface area contributed by atoms with Crippen molar-refractivity contribution in [1.82, 2.24) is 15.3 Å². The van der Waals surface area contributed by atoms with E-state index in [9.17, 15) is 4.79 Å². The third-order valence-corrected chi connectivity index (χ3v) is 6.85. The zero-order chi connectivity index (χ0) is 20.4. The standard InChI is InChI=1S/C21H31N5O2S/c1-3-5-26(28-4-2)21(27)14-6-19-18(24-20(22)7-14)8-17(29-19)13-25-11-15-9-23-10-16(15)12-25/h6,8,15-16,23H,3-5,7,9-13H2,1-2H3,(H2,22,24)/t15-,16+. The number of hydrogen-bond donors (Lipinski definition) is 2. The quantitative estimate of drug-likeness (QED) is 0.666. The van der Waals surface area contributed by atoms with Crippen LogP contribution in [0.5, 0.6) is 0 Å². The zero-order valence-electron chi connectivity index (χ0n) is 17.3. The molecule has 0 unspecified atom stereocenters. The van der Waals surface area contributed by atoms with Crippen LogP contribution in [0.2, 0.25) is 0 Å². The Hall–Kier alpha value is -1.74. The molecule has 2 fully saturated rings. The highest BCUT2D eigenvalue weighted by atomic mass is 32.1. The predicted molar refractivity (Wildman–Crippen MR) is 117 cm³/mol. The Bertz CT molecular complexity index is 800. The fraction of sp³-hybridized carbons (Fsp3) is 0.619. The second kappa shape index (κ2) is 8.95. The van der Waals surface area contributed by atoms with E-state index in [4.69, 9.17) is 10.6 Å². The molecule has 7 nitrogen and oxygen atoms in total. The highest BCUT2D eigenvalue weighted by Crippen LogP contribution is 2.36. The molecular weight excluding hydrogens is 386 g/mol. The van der Waals surface area contributed by atoms with Gasteiger partial charge in [-0.1, -0.05) is 6.92 Å². The highest BCUT2D eigenvalue weighted by Gasteiger charge is 2.36. The first-order valence-electron chi connectivity index (χ1n) is 10.6. The molecular formula is C21H31N5O2S. The number of rotatable bonds is 7. The minimum atomic E-state index is -0.116. The van der Waals surface area contributed by atoms with Crippen LogP contribution >= 0.6 is 11.3 Å². The SMILES string of the molecule is CCCN(OCC)C(=O)C1=Cc2sc(CN3C[C@H]4CNC[C@H]4C3)cc2N=C(N)C1. The number of carbonyl (C=O) groups excluding carboxylic acids is 1. The van der Waals surface area contributed by atoms with Crippen LogP contribution in [0, 0.1) is 11.8 Å². The Balaban J connectivity index is 1.51. The lowest BCUT2D eigenvalue weighted by atomic mass is 10.0. The first-order chi connectivity index (χ1) is 14.1. The predicted octanol–water partition coefficient (Wildman–Crippen LogP) is 2.37. The van der Waals surface area contributed by atoms with Crippen LogP contribution < -0.4 is 11.1 Å². The zero-order valence-corrected chi connectivity index (χ0v) is 18.1. The van der Waals surface area contributed by atoms with Crippen molar-refractivity contribution >= 4 is 34.8 Å². The Morgan fingerprint density at radius 1 is 1.38 bits per heavy atom. The van der Waals surface area contributed by atoms with Crippen LogP contribution in [0.1, 0.15) is 36.4 Å². The Labute approximate surface area is 176 Å². The van der Waals surface area contributed by atoms with Gasteiger partial charge in [-0.2, -0.15) is 0 Å². The number of carbonyl (C=O) groups is 1. The van der Waals surface area contributed by atoms with Crippen LogP contribution in [-0.2, 0) is 16.2 Å². The molecule has 3 aliphatic heterocycles. The molecule has 29 heavy (non-hydrogen) atoms. The number of hydroxylamine groups is 2. The monoisotopic (exact) mass is 417 g/mol. The molecule has 1 aromatic rings. The third kappa shape index (κ3) is 4.55. The second-order valence-electron chi connectivity index (χ2n) is 8.11. The summed E-state index contributed by atoms with van der Waals surface area (Å²) in [6, 6.07) is 2.13. The van der Waals surface area contributed by atoms with Gasteiger partial charge in [0, 0.05) is 43.1 Å². The molecule has 8 heteroatoms. The normalized spacial score (nSPS) is 23.9. The van der Waals surface area contributed by atoms with E-state index in [-0.39, 0.29) is 5.91 Å². The van der Waals surface area contributed by atoms with Gasteiger partial charge in [0.05, 0.1) is 17.2 Å². The van der Waals surface area contributed by atoms with Crippen molar-refractivity contribution in [1.29, 1.82) is 0 Å². The number of hydrogen-bond acceptors (Lipinski definition) is 7. The summed E-state index contributed by atoms with van der Waals surface area (Å²) in [6.07, 6.45) is 3.15. The van der Waals surface area contributed by atoms with Crippen molar-refractivity contribution in [3.8, 4) is 0 Å². The number of nitrogens with two attached hydrogens (primary N) is 1. The van der Waals surface area contributed by atoms with Gasteiger partial charge in [0.2, 0.25) is 0 Å². The van der Waals surface area contributed by atoms with Crippen LogP contribution in [0.15, 0.2) is 16.6 Å². The van der Waals surface area contributed by atoms with E-state index in [1.807, 2.05) is 19.9 Å². The van der Waals surface area contributed by atoms with Gasteiger partial charge in [-0.15, -0.1) is 11.3 Å². The summed E-state index contributed by atoms with van der Waals surface area (Å²) in [5, 5.41) is 4.95. The van der Waals surface area contributed by atoms with Gasteiger partial charge >= 0.3 is 0 Å². The Kier molecular flexibility index (Phi) is 6.34. The highest BCUT2D eigenvalue weighted by molar-refractivity contribution is 7.13. The lowest BCUT2D eigenvalue weighted by Crippen LogP contribution is -2.34. The van der Waals surface area contributed by atoms with E-state index >= 15 is 0 Å². The maximum absolute atomic E-state index is 13.0. The Morgan fingerprint density at radius 2 is 2.14 bits per heavy atom. The molecule has 0 spiro atoms. The summed E-state index contributed by atoms with van der Waals surface area (Å²) >= 11 is 1.72. The van der Waals surface area contributed by atoms with Crippen LogP contribution in [0.3, 0.4) is 0 Å². The molecule has 0 aliphatic carbocycles. The average Bonchev–Trinajstić information content (AvgIpc) is 3.34. The molecule has 3 aliphatic rings. The lowest BCUT2D eigenvalue weighted by Gasteiger charge is -2.21. The summed E-state index contributed by atoms with van der Waals surface area (Å²) in [4.78, 5) is 28.0. The maximum atomic E-state index is 13.0. The molecule has 1 amide bonds. The minimum absolute atomic E-state index is 0.116. The number of aliphatic imine (C=N–C) groups is 1. The molecule has 158 valence electrons. The fourth-order valence-corrected chi connectivity index (χ4v) is 5.61. The number of nitrogens with one attached hydrogen (secondary N) is 1. The van der Waals surface area contributed by atoms with Gasteiger partial charge < -0.3 is 11.1 Å². The van der Waals surface area contributed by atoms with E-state index in [0.717, 1.165) is 61.5 Å². The lowest BCUT2D eigenvalue weighted by molar-refractivity contribution is -0.180. The summed E-state index contributed by atoms with van der Waals surface area (Å²) in [5.41, 5.74) is 7.67. The molecule has 4 rings (SSSR count). The number of amides is 1. The number of thiophene rings is 1. The summed E-state index contributed by atoms with van der Waals surface area (Å²) in [6.45, 7) is 10.5. The summed E-state index contributed by atoms with van der Waals surface area (Å²) in [7, 11) is 0. The first kappa shape index (κ1) is 20.5. The van der Waals surface area contributed by atoms with Crippen molar-refractivity contribution in [2.24, 2.45) is 22.6 Å². The topological polar surface area (TPSA) is 83.2 Å². The van der Waals surface area contributed by atoms with E-state index < -0.39 is 0 Å². The number of fused-ring (bicyclic) bond motifs is 2. The smallest absolute Gasteiger partial charge is 0.273 e. The number of nitrogens with zero attached hydrogens (tertiary/aromatic N) is 3. The molecule has 2 saturated heterocycles. The summed E-state index contributed by atoms with van der Waals surface area (Å²) < 4.78 is 0. The molecule has 2 atom stereocenters. The fourth-order valence-electron chi connectivity index (χ4n) is 4.50. The van der Waals surface area contributed by atoms with E-state index in [1.54, 1.807) is 11.3 Å². The van der Waals surface area contributed by atoms with Crippen molar-refractivity contribution in [3.63, 3.8) is 0 Å². The second-order valence-corrected chi connectivity index (χ2v) is 9.28. The van der Waals surface area contributed by atoms with E-state index in [1.165, 1.54) is 9.94 Å². The van der Waals surface area contributed by atoms with E-state index in [0.29, 0.717) is 31.0 Å². The average molecular weight is 418 g/mol. The van der Waals surface area contributed by atoms with Crippen molar-refractivity contribution < 1.29 is 9.63 Å². The Morgan fingerprint density at radius 3 is 2.83 bits per heavy atom. The van der Waals surface area contributed by atoms with Gasteiger partial charge in [0.1, 0.15) is 5.84 Å². The van der Waals surface area contributed by atoms with Crippen LogP contribution in [0.25, 0.3) is 6.08 Å². The molecule has 1 aromatic heterocycles. The molecule has 0 radical (unpaired) electrons. The van der Waals surface area contributed by atoms with Crippen LogP contribution in [-0.4, -0.2) is 61.0 Å². The van der Waals surface area contributed by atoms with Gasteiger partial charge in [-0.05, 0) is 50.4 Å². The van der Waals surface area contributed by atoms with Gasteiger partial charge in [0.15, 0.2) is 0 Å². The third-order valence-electron chi connectivity index (χ3n) is 5.79. The molecule has 0 saturated carbocycles. The van der Waals surface area contributed by atoms with Crippen molar-refractivity contribution in [2.45, 2.75) is 33.2 Å². The number of amidine groups is 1. The van der Waals surface area contributed by atoms with Gasteiger partial charge in [-0.3, -0.25) is 14.5 Å². The van der Waals surface area contributed by atoms with E-state index in [2.05, 4.69) is 21.3 Å². The number of likely N-dealkylation sites (tertiary alicyclic amines) is 1. The molecule has 0 aromatic carbocycles. The van der Waals surface area contributed by atoms with Crippen molar-refractivity contribution in [2.75, 3.05) is 39.3 Å². The van der Waals surface area contributed by atoms with Gasteiger partial charge in [0.25, 0.3) is 5.91 Å². The maximum Gasteiger partial charge on any atom is 0.273 e. The minimum Gasteiger partial charge on any atom is -0.387 e. The van der Waals surface area contributed by atoms with Crippen molar-refractivity contribution in [3.05, 3.63) is 21.4 Å². The first-order valence-corrected chi connectivity index (χ1v) is 11.4. The largest absolute Gasteiger partial charge is 0.387 e. The molecule has 3 N–H and O–H groups in total. The molecule has 4 heterocycles. The molecule has 0 bridgehead atoms. The van der Waals surface area contributed by atoms with Gasteiger partial charge in [-0.25, -0.2) is 10.1 Å².